The molecule has 0 atom stereocenters. The SMILES string of the molecule is COc1ccc(NC(=O)c2ccc(Cl)c(-c3ccc(O)cc3)c2)cn1. The van der Waals surface area contributed by atoms with Crippen molar-refractivity contribution in [2.75, 3.05) is 12.4 Å². The molecule has 0 unspecified atom stereocenters. The molecular weight excluding hydrogens is 340 g/mol. The molecule has 0 bridgehead atoms. The molecule has 0 aliphatic rings. The van der Waals surface area contributed by atoms with Gasteiger partial charge in [-0.1, -0.05) is 23.7 Å². The summed E-state index contributed by atoms with van der Waals surface area (Å²) in [5.41, 5.74) is 2.54. The van der Waals surface area contributed by atoms with Crippen LogP contribution in [0.25, 0.3) is 11.1 Å². The number of aromatic nitrogens is 1. The third-order valence-corrected chi connectivity index (χ3v) is 3.94. The quantitative estimate of drug-likeness (QED) is 0.729. The second kappa shape index (κ2) is 7.23. The first-order valence-electron chi connectivity index (χ1n) is 7.47. The van der Waals surface area contributed by atoms with E-state index in [1.165, 1.54) is 13.3 Å². The normalized spacial score (nSPS) is 10.3. The number of hydrogen-bond acceptors (Lipinski definition) is 4. The molecule has 3 rings (SSSR count). The smallest absolute Gasteiger partial charge is 0.255 e. The first-order valence-corrected chi connectivity index (χ1v) is 7.85. The number of methoxy groups -OCH3 is 1. The molecule has 126 valence electrons. The Bertz CT molecular complexity index is 894. The number of amides is 1. The number of phenolic OH excluding ortho intramolecular Hbond substituents is 1. The number of anilines is 1. The van der Waals surface area contributed by atoms with E-state index in [0.29, 0.717) is 27.7 Å². The van der Waals surface area contributed by atoms with Crippen molar-refractivity contribution in [2.45, 2.75) is 0 Å². The van der Waals surface area contributed by atoms with E-state index >= 15 is 0 Å². The largest absolute Gasteiger partial charge is 0.508 e. The first kappa shape index (κ1) is 16.8. The highest BCUT2D eigenvalue weighted by molar-refractivity contribution is 6.33. The van der Waals surface area contributed by atoms with E-state index in [2.05, 4.69) is 10.3 Å². The van der Waals surface area contributed by atoms with Gasteiger partial charge >= 0.3 is 0 Å². The van der Waals surface area contributed by atoms with Gasteiger partial charge in [-0.2, -0.15) is 0 Å². The van der Waals surface area contributed by atoms with Crippen LogP contribution in [-0.2, 0) is 0 Å². The molecule has 0 saturated carbocycles. The predicted molar refractivity (Wildman–Crippen MR) is 97.3 cm³/mol. The molecule has 0 aliphatic heterocycles. The van der Waals surface area contributed by atoms with E-state index in [1.807, 2.05) is 0 Å². The van der Waals surface area contributed by atoms with Crippen LogP contribution in [-0.4, -0.2) is 23.1 Å². The van der Waals surface area contributed by atoms with Gasteiger partial charge in [-0.05, 0) is 42.0 Å². The van der Waals surface area contributed by atoms with Gasteiger partial charge in [0.1, 0.15) is 5.75 Å². The van der Waals surface area contributed by atoms with Crippen molar-refractivity contribution in [3.63, 3.8) is 0 Å². The van der Waals surface area contributed by atoms with Crippen molar-refractivity contribution < 1.29 is 14.6 Å². The Morgan fingerprint density at radius 2 is 1.88 bits per heavy atom. The molecule has 0 saturated heterocycles. The lowest BCUT2D eigenvalue weighted by Crippen LogP contribution is -2.12. The lowest BCUT2D eigenvalue weighted by molar-refractivity contribution is 0.102. The van der Waals surface area contributed by atoms with E-state index in [1.54, 1.807) is 54.6 Å². The molecular formula is C19H15ClN2O3. The second-order valence-electron chi connectivity index (χ2n) is 5.28. The monoisotopic (exact) mass is 354 g/mol. The minimum atomic E-state index is -0.274. The maximum Gasteiger partial charge on any atom is 0.255 e. The van der Waals surface area contributed by atoms with Crippen LogP contribution in [0.2, 0.25) is 5.02 Å². The summed E-state index contributed by atoms with van der Waals surface area (Å²) < 4.78 is 4.99. The van der Waals surface area contributed by atoms with Gasteiger partial charge in [0.25, 0.3) is 5.91 Å². The standard InChI is InChI=1S/C19H15ClN2O3/c1-25-18-9-5-14(11-21-18)22-19(24)13-4-8-17(20)16(10-13)12-2-6-15(23)7-3-12/h2-11,23H,1H3,(H,22,24). The molecule has 2 N–H and O–H groups in total. The summed E-state index contributed by atoms with van der Waals surface area (Å²) in [6.07, 6.45) is 1.52. The van der Waals surface area contributed by atoms with Crippen LogP contribution >= 0.6 is 11.6 Å². The fourth-order valence-corrected chi connectivity index (χ4v) is 2.53. The van der Waals surface area contributed by atoms with Gasteiger partial charge in [-0.3, -0.25) is 4.79 Å². The van der Waals surface area contributed by atoms with Gasteiger partial charge in [0.2, 0.25) is 5.88 Å². The van der Waals surface area contributed by atoms with E-state index in [9.17, 15) is 9.90 Å². The molecule has 0 radical (unpaired) electrons. The Balaban J connectivity index is 1.85. The van der Waals surface area contributed by atoms with Crippen LogP contribution in [0.4, 0.5) is 5.69 Å². The van der Waals surface area contributed by atoms with E-state index in [0.717, 1.165) is 5.56 Å². The first-order chi connectivity index (χ1) is 12.1. The Kier molecular flexibility index (Phi) is 4.86. The van der Waals surface area contributed by atoms with Gasteiger partial charge in [0.05, 0.1) is 19.0 Å². The molecule has 2 aromatic carbocycles. The number of nitrogens with one attached hydrogen (secondary N) is 1. The van der Waals surface area contributed by atoms with E-state index in [-0.39, 0.29) is 11.7 Å². The summed E-state index contributed by atoms with van der Waals surface area (Å²) in [6, 6.07) is 15.0. The average Bonchev–Trinajstić information content (AvgIpc) is 2.63. The maximum atomic E-state index is 12.5. The number of carbonyl (C=O) groups is 1. The lowest BCUT2D eigenvalue weighted by atomic mass is 10.0. The summed E-state index contributed by atoms with van der Waals surface area (Å²) in [5, 5.41) is 12.7. The van der Waals surface area contributed by atoms with Gasteiger partial charge < -0.3 is 15.2 Å². The summed E-state index contributed by atoms with van der Waals surface area (Å²) in [7, 11) is 1.53. The number of phenols is 1. The van der Waals surface area contributed by atoms with E-state index in [4.69, 9.17) is 16.3 Å². The zero-order valence-electron chi connectivity index (χ0n) is 13.4. The fraction of sp³-hybridized carbons (Fsp3) is 0.0526. The zero-order valence-corrected chi connectivity index (χ0v) is 14.1. The van der Waals surface area contributed by atoms with Crippen LogP contribution in [0.1, 0.15) is 10.4 Å². The van der Waals surface area contributed by atoms with Crippen LogP contribution in [0, 0.1) is 0 Å². The number of halogens is 1. The van der Waals surface area contributed by atoms with Crippen molar-refractivity contribution in [1.29, 1.82) is 0 Å². The van der Waals surface area contributed by atoms with Crippen LogP contribution in [0.5, 0.6) is 11.6 Å². The number of nitrogens with zero attached hydrogens (tertiary/aromatic N) is 1. The molecule has 1 aromatic heterocycles. The number of aromatic hydroxyl groups is 1. The molecule has 6 heteroatoms. The summed E-state index contributed by atoms with van der Waals surface area (Å²) in [4.78, 5) is 16.5. The summed E-state index contributed by atoms with van der Waals surface area (Å²) in [6.45, 7) is 0. The molecule has 25 heavy (non-hydrogen) atoms. The molecule has 1 heterocycles. The number of benzene rings is 2. The molecule has 0 aliphatic carbocycles. The Morgan fingerprint density at radius 1 is 1.12 bits per heavy atom. The van der Waals surface area contributed by atoms with E-state index < -0.39 is 0 Å². The zero-order chi connectivity index (χ0) is 17.8. The second-order valence-corrected chi connectivity index (χ2v) is 5.69. The third-order valence-electron chi connectivity index (χ3n) is 3.61. The van der Waals surface area contributed by atoms with Crippen LogP contribution < -0.4 is 10.1 Å². The third kappa shape index (κ3) is 3.89. The highest BCUT2D eigenvalue weighted by Crippen LogP contribution is 2.30. The number of carbonyl (C=O) groups excluding carboxylic acids is 1. The van der Waals surface area contributed by atoms with Gasteiger partial charge in [0.15, 0.2) is 0 Å². The van der Waals surface area contributed by atoms with Crippen molar-refractivity contribution in [3.05, 3.63) is 71.4 Å². The number of pyridine rings is 1. The molecule has 0 spiro atoms. The Hall–Kier alpha value is -3.05. The van der Waals surface area contributed by atoms with Gasteiger partial charge in [-0.25, -0.2) is 4.98 Å². The molecule has 5 nitrogen and oxygen atoms in total. The number of rotatable bonds is 4. The topological polar surface area (TPSA) is 71.5 Å². The number of ether oxygens (including phenoxy) is 1. The minimum Gasteiger partial charge on any atom is -0.508 e. The Morgan fingerprint density at radius 3 is 2.52 bits per heavy atom. The molecule has 3 aromatic rings. The van der Waals surface area contributed by atoms with Crippen molar-refractivity contribution in [3.8, 4) is 22.8 Å². The van der Waals surface area contributed by atoms with Gasteiger partial charge in [-0.15, -0.1) is 0 Å². The Labute approximate surface area is 149 Å². The summed E-state index contributed by atoms with van der Waals surface area (Å²) >= 11 is 6.25. The fourth-order valence-electron chi connectivity index (χ4n) is 2.31. The minimum absolute atomic E-state index is 0.167. The highest BCUT2D eigenvalue weighted by Gasteiger charge is 2.11. The molecule has 0 fully saturated rings. The summed E-state index contributed by atoms with van der Waals surface area (Å²) in [5.74, 6) is 0.364. The van der Waals surface area contributed by atoms with Crippen LogP contribution in [0.15, 0.2) is 60.8 Å². The maximum absolute atomic E-state index is 12.5. The van der Waals surface area contributed by atoms with Crippen molar-refractivity contribution in [2.24, 2.45) is 0 Å². The molecule has 1 amide bonds. The number of hydrogen-bond donors (Lipinski definition) is 2. The van der Waals surface area contributed by atoms with Gasteiger partial charge in [0, 0.05) is 22.2 Å². The predicted octanol–water partition coefficient (Wildman–Crippen LogP) is 4.37. The highest BCUT2D eigenvalue weighted by atomic mass is 35.5. The average molecular weight is 355 g/mol. The lowest BCUT2D eigenvalue weighted by Gasteiger charge is -2.09. The van der Waals surface area contributed by atoms with Crippen molar-refractivity contribution >= 4 is 23.2 Å². The van der Waals surface area contributed by atoms with Crippen molar-refractivity contribution in [1.82, 2.24) is 4.98 Å². The van der Waals surface area contributed by atoms with Crippen LogP contribution in [0.3, 0.4) is 0 Å².